The van der Waals surface area contributed by atoms with E-state index in [1.54, 1.807) is 0 Å². The third kappa shape index (κ3) is 7.34. The lowest BCUT2D eigenvalue weighted by Crippen LogP contribution is -2.05. The van der Waals surface area contributed by atoms with Crippen LogP contribution >= 0.6 is 0 Å². The maximum Gasteiger partial charge on any atom is 0.0725 e. The van der Waals surface area contributed by atoms with E-state index >= 15 is 0 Å². The topological polar surface area (TPSA) is 30.7 Å². The predicted molar refractivity (Wildman–Crippen MR) is 81.2 cm³/mol. The van der Waals surface area contributed by atoms with E-state index in [1.165, 1.54) is 57.1 Å². The highest BCUT2D eigenvalue weighted by Crippen LogP contribution is 2.11. The highest BCUT2D eigenvalue weighted by molar-refractivity contribution is 4.93. The second kappa shape index (κ2) is 9.99. The largest absolute Gasteiger partial charge is 0.249 e. The molecule has 110 valence electrons. The Kier molecular flexibility index (Phi) is 8.52. The summed E-state index contributed by atoms with van der Waals surface area (Å²) in [5.41, 5.74) is 1.32. The molecule has 0 radical (unpaired) electrons. The molecule has 1 rings (SSSR count). The molecule has 0 spiro atoms. The summed E-state index contributed by atoms with van der Waals surface area (Å²) < 4.78 is 2.11. The van der Waals surface area contributed by atoms with E-state index in [0.29, 0.717) is 0 Å². The lowest BCUT2D eigenvalue weighted by molar-refractivity contribution is 0.493. The first-order valence-electron chi connectivity index (χ1n) is 8.11. The Morgan fingerprint density at radius 3 is 2.58 bits per heavy atom. The first-order chi connectivity index (χ1) is 9.24. The van der Waals surface area contributed by atoms with Crippen LogP contribution in [-0.4, -0.2) is 15.0 Å². The van der Waals surface area contributed by atoms with Crippen molar-refractivity contribution in [2.45, 2.75) is 85.1 Å². The molecule has 0 saturated carbocycles. The minimum absolute atomic E-state index is 0.821. The zero-order chi connectivity index (χ0) is 13.9. The van der Waals surface area contributed by atoms with Crippen molar-refractivity contribution in [3.05, 3.63) is 11.9 Å². The number of rotatable bonds is 11. The van der Waals surface area contributed by atoms with Gasteiger partial charge in [-0.1, -0.05) is 64.5 Å². The second-order valence-electron chi connectivity index (χ2n) is 6.00. The van der Waals surface area contributed by atoms with Crippen LogP contribution in [0.4, 0.5) is 0 Å². The fraction of sp³-hybridized carbons (Fsp3) is 0.875. The van der Waals surface area contributed by atoms with Crippen LogP contribution in [0.3, 0.4) is 0 Å². The maximum absolute atomic E-state index is 4.21. The van der Waals surface area contributed by atoms with Gasteiger partial charge in [0.15, 0.2) is 0 Å². The molecule has 3 heteroatoms. The van der Waals surface area contributed by atoms with Crippen LogP contribution in [0.2, 0.25) is 0 Å². The Morgan fingerprint density at radius 1 is 1.05 bits per heavy atom. The van der Waals surface area contributed by atoms with Gasteiger partial charge in [-0.15, -0.1) is 5.10 Å². The van der Waals surface area contributed by atoms with Gasteiger partial charge in [0.25, 0.3) is 0 Å². The van der Waals surface area contributed by atoms with E-state index in [9.17, 15) is 0 Å². The third-order valence-corrected chi connectivity index (χ3v) is 3.64. The van der Waals surface area contributed by atoms with Gasteiger partial charge in [0.2, 0.25) is 0 Å². The molecule has 1 aromatic rings. The summed E-state index contributed by atoms with van der Waals surface area (Å²) in [6.45, 7) is 7.89. The standard InChI is InChI=1S/C16H31N3/c1-4-5-6-7-10-13-19-16(14-17-18-19)12-9-8-11-15(2)3/h14-15H,4-13H2,1-3H3. The normalized spacial score (nSPS) is 11.4. The van der Waals surface area contributed by atoms with Crippen LogP contribution in [0.25, 0.3) is 0 Å². The number of aryl methyl sites for hydroxylation is 2. The Morgan fingerprint density at radius 2 is 1.84 bits per heavy atom. The third-order valence-electron chi connectivity index (χ3n) is 3.64. The predicted octanol–water partition coefficient (Wildman–Crippen LogP) is 4.62. The molecule has 0 saturated heterocycles. The highest BCUT2D eigenvalue weighted by Gasteiger charge is 2.04. The van der Waals surface area contributed by atoms with E-state index in [0.717, 1.165) is 18.9 Å². The smallest absolute Gasteiger partial charge is 0.0725 e. The molecule has 19 heavy (non-hydrogen) atoms. The number of hydrogen-bond donors (Lipinski definition) is 0. The summed E-state index contributed by atoms with van der Waals surface area (Å²) in [6.07, 6.45) is 13.6. The lowest BCUT2D eigenvalue weighted by atomic mass is 10.0. The second-order valence-corrected chi connectivity index (χ2v) is 6.00. The average molecular weight is 265 g/mol. The monoisotopic (exact) mass is 265 g/mol. The van der Waals surface area contributed by atoms with Gasteiger partial charge in [-0.3, -0.25) is 0 Å². The summed E-state index contributed by atoms with van der Waals surface area (Å²) in [4.78, 5) is 0. The van der Waals surface area contributed by atoms with Crippen LogP contribution in [-0.2, 0) is 13.0 Å². The van der Waals surface area contributed by atoms with Crippen molar-refractivity contribution in [3.63, 3.8) is 0 Å². The number of aromatic nitrogens is 3. The van der Waals surface area contributed by atoms with Crippen LogP contribution in [0.15, 0.2) is 6.20 Å². The number of unbranched alkanes of at least 4 members (excludes halogenated alkanes) is 5. The SMILES string of the molecule is CCCCCCCn1nncc1CCCCC(C)C. The van der Waals surface area contributed by atoms with E-state index < -0.39 is 0 Å². The molecule has 0 unspecified atom stereocenters. The fourth-order valence-electron chi connectivity index (χ4n) is 2.38. The molecule has 0 aliphatic rings. The number of hydrogen-bond acceptors (Lipinski definition) is 2. The van der Waals surface area contributed by atoms with Crippen molar-refractivity contribution in [2.24, 2.45) is 5.92 Å². The van der Waals surface area contributed by atoms with Gasteiger partial charge in [-0.05, 0) is 25.2 Å². The Balaban J connectivity index is 2.18. The quantitative estimate of drug-likeness (QED) is 0.547. The van der Waals surface area contributed by atoms with Gasteiger partial charge >= 0.3 is 0 Å². The van der Waals surface area contributed by atoms with Gasteiger partial charge < -0.3 is 0 Å². The molecule has 0 fully saturated rings. The van der Waals surface area contributed by atoms with Gasteiger partial charge in [0.1, 0.15) is 0 Å². The molecule has 0 aromatic carbocycles. The lowest BCUT2D eigenvalue weighted by Gasteiger charge is -2.07. The molecule has 0 aliphatic heterocycles. The van der Waals surface area contributed by atoms with Crippen LogP contribution < -0.4 is 0 Å². The zero-order valence-electron chi connectivity index (χ0n) is 13.1. The molecule has 3 nitrogen and oxygen atoms in total. The van der Waals surface area contributed by atoms with Crippen molar-refractivity contribution >= 4 is 0 Å². The first kappa shape index (κ1) is 16.2. The van der Waals surface area contributed by atoms with E-state index in [2.05, 4.69) is 35.8 Å². The highest BCUT2D eigenvalue weighted by atomic mass is 15.4. The van der Waals surface area contributed by atoms with Crippen LogP contribution in [0, 0.1) is 5.92 Å². The summed E-state index contributed by atoms with van der Waals surface area (Å²) in [5, 5.41) is 8.28. The average Bonchev–Trinajstić information content (AvgIpc) is 2.82. The van der Waals surface area contributed by atoms with Gasteiger partial charge in [-0.2, -0.15) is 0 Å². The molecule has 0 atom stereocenters. The fourth-order valence-corrected chi connectivity index (χ4v) is 2.38. The van der Waals surface area contributed by atoms with Crippen molar-refractivity contribution < 1.29 is 0 Å². The molecule has 1 heterocycles. The molecular formula is C16H31N3. The van der Waals surface area contributed by atoms with E-state index in [-0.39, 0.29) is 0 Å². The van der Waals surface area contributed by atoms with Crippen molar-refractivity contribution in [2.75, 3.05) is 0 Å². The summed E-state index contributed by atoms with van der Waals surface area (Å²) in [7, 11) is 0. The summed E-state index contributed by atoms with van der Waals surface area (Å²) >= 11 is 0. The van der Waals surface area contributed by atoms with E-state index in [1.807, 2.05) is 6.20 Å². The Labute approximate surface area is 118 Å². The van der Waals surface area contributed by atoms with Crippen molar-refractivity contribution in [3.8, 4) is 0 Å². The van der Waals surface area contributed by atoms with Gasteiger partial charge in [0.05, 0.1) is 11.9 Å². The summed E-state index contributed by atoms with van der Waals surface area (Å²) in [5.74, 6) is 0.821. The molecule has 1 aromatic heterocycles. The van der Waals surface area contributed by atoms with Crippen LogP contribution in [0.5, 0.6) is 0 Å². The van der Waals surface area contributed by atoms with Crippen molar-refractivity contribution in [1.82, 2.24) is 15.0 Å². The van der Waals surface area contributed by atoms with E-state index in [4.69, 9.17) is 0 Å². The minimum Gasteiger partial charge on any atom is -0.249 e. The van der Waals surface area contributed by atoms with Gasteiger partial charge in [0, 0.05) is 6.54 Å². The molecular weight excluding hydrogens is 234 g/mol. The molecule has 0 amide bonds. The minimum atomic E-state index is 0.821. The van der Waals surface area contributed by atoms with Crippen LogP contribution in [0.1, 0.15) is 77.8 Å². The molecule has 0 bridgehead atoms. The van der Waals surface area contributed by atoms with Gasteiger partial charge in [-0.25, -0.2) is 4.68 Å². The first-order valence-corrected chi connectivity index (χ1v) is 8.11. The molecule has 0 aliphatic carbocycles. The maximum atomic E-state index is 4.21. The number of nitrogens with zero attached hydrogens (tertiary/aromatic N) is 3. The Bertz CT molecular complexity index is 318. The Hall–Kier alpha value is -0.860. The zero-order valence-corrected chi connectivity index (χ0v) is 13.1. The van der Waals surface area contributed by atoms with Crippen molar-refractivity contribution in [1.29, 1.82) is 0 Å². The molecule has 0 N–H and O–H groups in total. The summed E-state index contributed by atoms with van der Waals surface area (Å²) in [6, 6.07) is 0.